The minimum absolute atomic E-state index is 0.310. The molecule has 0 aliphatic rings. The molecule has 1 amide bonds. The van der Waals surface area contributed by atoms with Crippen molar-refractivity contribution in [3.8, 4) is 0 Å². The van der Waals surface area contributed by atoms with Gasteiger partial charge in [-0.2, -0.15) is 5.10 Å². The summed E-state index contributed by atoms with van der Waals surface area (Å²) < 4.78 is 1.55. The molecule has 0 saturated carbocycles. The number of aromatic nitrogens is 2. The van der Waals surface area contributed by atoms with Crippen LogP contribution in [-0.2, 0) is 11.8 Å². The molecule has 1 aromatic heterocycles. The van der Waals surface area contributed by atoms with Gasteiger partial charge in [0.15, 0.2) is 0 Å². The summed E-state index contributed by atoms with van der Waals surface area (Å²) in [5.41, 5.74) is 0.480. The Morgan fingerprint density at radius 1 is 1.44 bits per heavy atom. The fourth-order valence-corrected chi connectivity index (χ4v) is 1.70. The van der Waals surface area contributed by atoms with Crippen molar-refractivity contribution in [1.82, 2.24) is 14.7 Å². The number of nitrogens with zero attached hydrogens (tertiary/aromatic N) is 3. The van der Waals surface area contributed by atoms with Gasteiger partial charge in [0.1, 0.15) is 6.54 Å². The maximum Gasteiger partial charge on any atom is 0.323 e. The molecule has 100 valence electrons. The Morgan fingerprint density at radius 3 is 2.33 bits per heavy atom. The molecular weight excluding hydrogens is 234 g/mol. The Balaban J connectivity index is 3.10. The Morgan fingerprint density at radius 2 is 2.00 bits per heavy atom. The molecule has 0 atom stereocenters. The summed E-state index contributed by atoms with van der Waals surface area (Å²) >= 11 is 0. The molecule has 6 heteroatoms. The number of hydrogen-bond acceptors (Lipinski definition) is 3. The van der Waals surface area contributed by atoms with E-state index in [1.165, 1.54) is 4.90 Å². The van der Waals surface area contributed by atoms with Crippen molar-refractivity contribution in [3.63, 3.8) is 0 Å². The zero-order valence-electron chi connectivity index (χ0n) is 11.4. The molecule has 0 fully saturated rings. The molecule has 0 aliphatic carbocycles. The molecule has 0 aliphatic heterocycles. The van der Waals surface area contributed by atoms with Crippen molar-refractivity contribution in [2.45, 2.75) is 33.2 Å². The van der Waals surface area contributed by atoms with Crippen LogP contribution in [0.25, 0.3) is 0 Å². The number of carbonyl (C=O) groups excluding carboxylic acids is 1. The average molecular weight is 253 g/mol. The lowest BCUT2D eigenvalue weighted by atomic mass is 10.0. The van der Waals surface area contributed by atoms with Gasteiger partial charge in [0.05, 0.1) is 11.3 Å². The summed E-state index contributed by atoms with van der Waals surface area (Å²) in [5.74, 6) is -1.34. The van der Waals surface area contributed by atoms with Crippen LogP contribution in [-0.4, -0.2) is 43.7 Å². The van der Waals surface area contributed by atoms with Crippen molar-refractivity contribution >= 4 is 11.9 Å². The summed E-state index contributed by atoms with van der Waals surface area (Å²) in [6, 6.07) is 0. The van der Waals surface area contributed by atoms with E-state index in [0.29, 0.717) is 11.3 Å². The zero-order valence-corrected chi connectivity index (χ0v) is 11.4. The van der Waals surface area contributed by atoms with Gasteiger partial charge in [-0.25, -0.2) is 0 Å². The average Bonchev–Trinajstić information content (AvgIpc) is 2.51. The summed E-state index contributed by atoms with van der Waals surface area (Å²) in [6.45, 7) is 6.82. The van der Waals surface area contributed by atoms with Gasteiger partial charge in [-0.05, 0) is 27.7 Å². The van der Waals surface area contributed by atoms with E-state index >= 15 is 0 Å². The number of aliphatic carboxylic acids is 1. The van der Waals surface area contributed by atoms with Crippen molar-refractivity contribution < 1.29 is 14.7 Å². The van der Waals surface area contributed by atoms with E-state index in [0.717, 1.165) is 0 Å². The number of aryl methyl sites for hydroxylation is 2. The monoisotopic (exact) mass is 253 g/mol. The highest BCUT2D eigenvalue weighted by Gasteiger charge is 2.30. The van der Waals surface area contributed by atoms with E-state index < -0.39 is 11.5 Å². The molecule has 1 aromatic rings. The maximum atomic E-state index is 12.4. The Bertz CT molecular complexity index is 471. The molecule has 0 radical (unpaired) electrons. The minimum atomic E-state index is -1.03. The SMILES string of the molecule is Cc1nn(C)cc1C(=O)N(CC(=O)O)C(C)(C)C. The van der Waals surface area contributed by atoms with E-state index in [9.17, 15) is 9.59 Å². The normalized spacial score (nSPS) is 11.4. The van der Waals surface area contributed by atoms with Gasteiger partial charge in [0, 0.05) is 18.8 Å². The van der Waals surface area contributed by atoms with Crippen LogP contribution in [0.5, 0.6) is 0 Å². The van der Waals surface area contributed by atoms with E-state index in [1.54, 1.807) is 45.6 Å². The first kappa shape index (κ1) is 14.2. The fraction of sp³-hybridized carbons (Fsp3) is 0.583. The summed E-state index contributed by atoms with van der Waals surface area (Å²) in [6.07, 6.45) is 1.61. The van der Waals surface area contributed by atoms with Gasteiger partial charge in [0.2, 0.25) is 0 Å². The molecule has 0 unspecified atom stereocenters. The summed E-state index contributed by atoms with van der Waals surface area (Å²) in [4.78, 5) is 24.6. The third-order valence-electron chi connectivity index (χ3n) is 2.59. The topological polar surface area (TPSA) is 75.4 Å². The van der Waals surface area contributed by atoms with Crippen LogP contribution in [0.15, 0.2) is 6.20 Å². The lowest BCUT2D eigenvalue weighted by Gasteiger charge is -2.34. The Hall–Kier alpha value is -1.85. The fourth-order valence-electron chi connectivity index (χ4n) is 1.70. The van der Waals surface area contributed by atoms with Crippen LogP contribution in [0.3, 0.4) is 0 Å². The Labute approximate surface area is 106 Å². The third kappa shape index (κ3) is 3.09. The number of hydrogen-bond donors (Lipinski definition) is 1. The molecule has 6 nitrogen and oxygen atoms in total. The predicted molar refractivity (Wildman–Crippen MR) is 66.4 cm³/mol. The van der Waals surface area contributed by atoms with Crippen molar-refractivity contribution in [1.29, 1.82) is 0 Å². The second-order valence-electron chi connectivity index (χ2n) is 5.26. The van der Waals surface area contributed by atoms with E-state index in [4.69, 9.17) is 5.11 Å². The van der Waals surface area contributed by atoms with Crippen LogP contribution in [0.1, 0.15) is 36.8 Å². The molecule has 1 heterocycles. The Kier molecular flexibility index (Phi) is 3.79. The number of carbonyl (C=O) groups is 2. The summed E-state index contributed by atoms with van der Waals surface area (Å²) in [5, 5.41) is 13.0. The van der Waals surface area contributed by atoms with Crippen LogP contribution >= 0.6 is 0 Å². The summed E-state index contributed by atoms with van der Waals surface area (Å²) in [7, 11) is 1.72. The molecule has 0 spiro atoms. The van der Waals surface area contributed by atoms with E-state index in [-0.39, 0.29) is 12.5 Å². The van der Waals surface area contributed by atoms with Crippen LogP contribution in [0, 0.1) is 6.92 Å². The molecule has 18 heavy (non-hydrogen) atoms. The standard InChI is InChI=1S/C12H19N3O3/c1-8-9(6-14(5)13-8)11(18)15(7-10(16)17)12(2,3)4/h6H,7H2,1-5H3,(H,16,17). The predicted octanol–water partition coefficient (Wildman–Crippen LogP) is 1.05. The minimum Gasteiger partial charge on any atom is -0.480 e. The van der Waals surface area contributed by atoms with Gasteiger partial charge in [-0.1, -0.05) is 0 Å². The molecular formula is C12H19N3O3. The number of amides is 1. The molecule has 0 saturated heterocycles. The highest BCUT2D eigenvalue weighted by molar-refractivity contribution is 5.97. The highest BCUT2D eigenvalue weighted by atomic mass is 16.4. The highest BCUT2D eigenvalue weighted by Crippen LogP contribution is 2.18. The van der Waals surface area contributed by atoms with Gasteiger partial charge >= 0.3 is 5.97 Å². The molecule has 0 aromatic carbocycles. The maximum absolute atomic E-state index is 12.4. The van der Waals surface area contributed by atoms with Crippen molar-refractivity contribution in [2.75, 3.05) is 6.54 Å². The van der Waals surface area contributed by atoms with Crippen molar-refractivity contribution in [3.05, 3.63) is 17.5 Å². The van der Waals surface area contributed by atoms with Gasteiger partial charge < -0.3 is 10.0 Å². The van der Waals surface area contributed by atoms with E-state index in [2.05, 4.69) is 5.10 Å². The first-order chi connectivity index (χ1) is 8.12. The quantitative estimate of drug-likeness (QED) is 0.873. The van der Waals surface area contributed by atoms with E-state index in [1.807, 2.05) is 0 Å². The van der Waals surface area contributed by atoms with Gasteiger partial charge in [0.25, 0.3) is 5.91 Å². The third-order valence-corrected chi connectivity index (χ3v) is 2.59. The number of rotatable bonds is 3. The lowest BCUT2D eigenvalue weighted by molar-refractivity contribution is -0.138. The zero-order chi connectivity index (χ0) is 14.1. The first-order valence-electron chi connectivity index (χ1n) is 5.67. The molecule has 1 rings (SSSR count). The van der Waals surface area contributed by atoms with Crippen LogP contribution in [0.2, 0.25) is 0 Å². The molecule has 0 bridgehead atoms. The lowest BCUT2D eigenvalue weighted by Crippen LogP contribution is -2.48. The largest absolute Gasteiger partial charge is 0.480 e. The first-order valence-corrected chi connectivity index (χ1v) is 5.67. The van der Waals surface area contributed by atoms with Crippen molar-refractivity contribution in [2.24, 2.45) is 7.05 Å². The smallest absolute Gasteiger partial charge is 0.323 e. The number of carboxylic acid groups (broad SMARTS) is 1. The second-order valence-corrected chi connectivity index (χ2v) is 5.26. The number of carboxylic acids is 1. The van der Waals surface area contributed by atoms with Gasteiger partial charge in [-0.15, -0.1) is 0 Å². The van der Waals surface area contributed by atoms with Crippen LogP contribution < -0.4 is 0 Å². The second kappa shape index (κ2) is 4.80. The van der Waals surface area contributed by atoms with Crippen LogP contribution in [0.4, 0.5) is 0 Å². The molecule has 1 N–H and O–H groups in total. The van der Waals surface area contributed by atoms with Gasteiger partial charge in [-0.3, -0.25) is 14.3 Å².